The van der Waals surface area contributed by atoms with Gasteiger partial charge in [0.05, 0.1) is 0 Å². The van der Waals surface area contributed by atoms with E-state index in [0.29, 0.717) is 0 Å². The Morgan fingerprint density at radius 2 is 0.944 bits per heavy atom. The molecule has 0 unspecified atom stereocenters. The van der Waals surface area contributed by atoms with Crippen LogP contribution in [-0.2, 0) is 0 Å². The van der Waals surface area contributed by atoms with E-state index >= 15 is 0 Å². The first-order valence-corrected chi connectivity index (χ1v) is 8.25. The Balaban J connectivity index is 2.99. The van der Waals surface area contributed by atoms with E-state index < -0.39 is 5.67 Å². The molecule has 0 radical (unpaired) electrons. The van der Waals surface area contributed by atoms with Crippen LogP contribution in [0.4, 0.5) is 4.39 Å². The Morgan fingerprint density at radius 3 is 1.28 bits per heavy atom. The molecule has 0 aliphatic carbocycles. The lowest BCUT2D eigenvalue weighted by molar-refractivity contribution is 0.195. The minimum atomic E-state index is -0.960. The van der Waals surface area contributed by atoms with E-state index in [-0.39, 0.29) is 0 Å². The van der Waals surface area contributed by atoms with Gasteiger partial charge in [-0.05, 0) is 20.3 Å². The third-order valence-corrected chi connectivity index (χ3v) is 3.62. The molecule has 0 N–H and O–H groups in total. The van der Waals surface area contributed by atoms with Gasteiger partial charge < -0.3 is 0 Å². The molecule has 1 heteroatoms. The molecule has 0 aromatic carbocycles. The van der Waals surface area contributed by atoms with Crippen molar-refractivity contribution in [3.05, 3.63) is 0 Å². The molecule has 110 valence electrons. The van der Waals surface area contributed by atoms with Crippen LogP contribution < -0.4 is 0 Å². The first kappa shape index (κ1) is 17.9. The Hall–Kier alpha value is -0.0700. The Bertz CT molecular complexity index is 157. The summed E-state index contributed by atoms with van der Waals surface area (Å²) in [6.45, 7) is 5.64. The van der Waals surface area contributed by atoms with Crippen molar-refractivity contribution in [3.8, 4) is 0 Å². The van der Waals surface area contributed by atoms with Crippen LogP contribution in [0.2, 0.25) is 0 Å². The highest BCUT2D eigenvalue weighted by Gasteiger charge is 2.13. The van der Waals surface area contributed by atoms with Gasteiger partial charge in [0.2, 0.25) is 0 Å². The molecule has 0 aliphatic heterocycles. The molecular weight excluding hydrogens is 223 g/mol. The van der Waals surface area contributed by atoms with Gasteiger partial charge >= 0.3 is 0 Å². The number of unbranched alkanes of at least 4 members (excludes halogenated alkanes) is 11. The fourth-order valence-electron chi connectivity index (χ4n) is 2.39. The standard InChI is InChI=1S/C17H35F/c1-4-5-6-7-8-9-10-11-12-13-14-15-16-17(2,3)18/h4-16H2,1-3H3. The summed E-state index contributed by atoms with van der Waals surface area (Å²) >= 11 is 0. The molecular formula is C17H35F. The second kappa shape index (κ2) is 12.0. The summed E-state index contributed by atoms with van der Waals surface area (Å²) in [5, 5.41) is 0. The molecule has 18 heavy (non-hydrogen) atoms. The normalized spacial score (nSPS) is 12.0. The first-order chi connectivity index (χ1) is 8.56. The van der Waals surface area contributed by atoms with Crippen molar-refractivity contribution in [2.45, 2.75) is 110 Å². The van der Waals surface area contributed by atoms with E-state index in [4.69, 9.17) is 0 Å². The highest BCUT2D eigenvalue weighted by atomic mass is 19.1. The average molecular weight is 258 g/mol. The van der Waals surface area contributed by atoms with Gasteiger partial charge in [-0.15, -0.1) is 0 Å². The number of rotatable bonds is 13. The predicted octanol–water partition coefficient (Wildman–Crippen LogP) is 6.83. The highest BCUT2D eigenvalue weighted by molar-refractivity contribution is 4.65. The van der Waals surface area contributed by atoms with Crippen LogP contribution in [0.3, 0.4) is 0 Å². The molecule has 0 nitrogen and oxygen atoms in total. The quantitative estimate of drug-likeness (QED) is 0.318. The van der Waals surface area contributed by atoms with E-state index in [0.717, 1.165) is 12.8 Å². The topological polar surface area (TPSA) is 0 Å². The number of hydrogen-bond donors (Lipinski definition) is 0. The van der Waals surface area contributed by atoms with Gasteiger partial charge in [-0.2, -0.15) is 0 Å². The van der Waals surface area contributed by atoms with Crippen LogP contribution in [-0.4, -0.2) is 5.67 Å². The molecule has 0 atom stereocenters. The summed E-state index contributed by atoms with van der Waals surface area (Å²) in [4.78, 5) is 0. The largest absolute Gasteiger partial charge is 0.245 e. The maximum absolute atomic E-state index is 13.2. The second-order valence-corrected chi connectivity index (χ2v) is 6.36. The fraction of sp³-hybridized carbons (Fsp3) is 1.00. The Kier molecular flexibility index (Phi) is 11.9. The third-order valence-electron chi connectivity index (χ3n) is 3.62. The van der Waals surface area contributed by atoms with Crippen molar-refractivity contribution in [3.63, 3.8) is 0 Å². The summed E-state index contributed by atoms with van der Waals surface area (Å²) in [7, 11) is 0. The lowest BCUT2D eigenvalue weighted by atomic mass is 10.0. The number of hydrogen-bond acceptors (Lipinski definition) is 0. The van der Waals surface area contributed by atoms with Crippen molar-refractivity contribution in [2.24, 2.45) is 0 Å². The number of halogens is 1. The van der Waals surface area contributed by atoms with E-state index in [1.807, 2.05) is 0 Å². The molecule has 0 aromatic heterocycles. The monoisotopic (exact) mass is 258 g/mol. The fourth-order valence-corrected chi connectivity index (χ4v) is 2.39. The minimum Gasteiger partial charge on any atom is -0.245 e. The van der Waals surface area contributed by atoms with E-state index in [1.54, 1.807) is 13.8 Å². The first-order valence-electron chi connectivity index (χ1n) is 8.25. The zero-order chi connectivity index (χ0) is 13.7. The predicted molar refractivity (Wildman–Crippen MR) is 80.9 cm³/mol. The molecule has 0 fully saturated rings. The lowest BCUT2D eigenvalue weighted by Gasteiger charge is -2.12. The molecule has 0 saturated heterocycles. The third kappa shape index (κ3) is 15.9. The summed E-state index contributed by atoms with van der Waals surface area (Å²) in [5.74, 6) is 0. The summed E-state index contributed by atoms with van der Waals surface area (Å²) in [6, 6.07) is 0. The highest BCUT2D eigenvalue weighted by Crippen LogP contribution is 2.19. The van der Waals surface area contributed by atoms with Crippen molar-refractivity contribution < 1.29 is 4.39 Å². The summed E-state index contributed by atoms with van der Waals surface area (Å²) < 4.78 is 13.2. The van der Waals surface area contributed by atoms with Gasteiger partial charge in [0.15, 0.2) is 0 Å². The van der Waals surface area contributed by atoms with Gasteiger partial charge in [-0.3, -0.25) is 0 Å². The minimum absolute atomic E-state index is 0.727. The molecule has 0 aromatic rings. The summed E-state index contributed by atoms with van der Waals surface area (Å²) in [6.07, 6.45) is 16.9. The Labute approximate surface area is 115 Å². The molecule has 0 rings (SSSR count). The molecule has 0 bridgehead atoms. The molecule has 0 spiro atoms. The Morgan fingerprint density at radius 1 is 0.611 bits per heavy atom. The van der Waals surface area contributed by atoms with Gasteiger partial charge in [-0.1, -0.05) is 84.0 Å². The molecule has 0 aliphatic rings. The van der Waals surface area contributed by atoms with E-state index in [2.05, 4.69) is 6.92 Å². The smallest absolute Gasteiger partial charge is 0.105 e. The van der Waals surface area contributed by atoms with Crippen molar-refractivity contribution >= 4 is 0 Å². The van der Waals surface area contributed by atoms with Crippen molar-refractivity contribution in [2.75, 3.05) is 0 Å². The van der Waals surface area contributed by atoms with E-state index in [9.17, 15) is 4.39 Å². The summed E-state index contributed by atoms with van der Waals surface area (Å²) in [5.41, 5.74) is -0.960. The van der Waals surface area contributed by atoms with Crippen LogP contribution in [0, 0.1) is 0 Å². The van der Waals surface area contributed by atoms with Crippen LogP contribution in [0.5, 0.6) is 0 Å². The second-order valence-electron chi connectivity index (χ2n) is 6.36. The van der Waals surface area contributed by atoms with E-state index in [1.165, 1.54) is 70.6 Å². The van der Waals surface area contributed by atoms with Crippen molar-refractivity contribution in [1.82, 2.24) is 0 Å². The molecule has 0 saturated carbocycles. The zero-order valence-corrected chi connectivity index (χ0v) is 13.1. The van der Waals surface area contributed by atoms with Gasteiger partial charge in [0.25, 0.3) is 0 Å². The maximum Gasteiger partial charge on any atom is 0.105 e. The van der Waals surface area contributed by atoms with Crippen LogP contribution in [0.15, 0.2) is 0 Å². The van der Waals surface area contributed by atoms with Crippen LogP contribution >= 0.6 is 0 Å². The maximum atomic E-state index is 13.2. The van der Waals surface area contributed by atoms with Crippen LogP contribution in [0.1, 0.15) is 104 Å². The zero-order valence-electron chi connectivity index (χ0n) is 13.1. The van der Waals surface area contributed by atoms with Gasteiger partial charge in [0, 0.05) is 0 Å². The SMILES string of the molecule is CCCCCCCCCCCCCCC(C)(C)F. The van der Waals surface area contributed by atoms with Crippen LogP contribution in [0.25, 0.3) is 0 Å². The van der Waals surface area contributed by atoms with Gasteiger partial charge in [-0.25, -0.2) is 4.39 Å². The molecule has 0 amide bonds. The molecule has 0 heterocycles. The number of alkyl halides is 1. The van der Waals surface area contributed by atoms with Crippen molar-refractivity contribution in [1.29, 1.82) is 0 Å². The lowest BCUT2D eigenvalue weighted by Crippen LogP contribution is -2.10. The average Bonchev–Trinajstić information content (AvgIpc) is 2.29. The van der Waals surface area contributed by atoms with Gasteiger partial charge in [0.1, 0.15) is 5.67 Å².